The Hall–Kier alpha value is -0.860. The van der Waals surface area contributed by atoms with Crippen molar-refractivity contribution in [3.63, 3.8) is 0 Å². The first-order valence-corrected chi connectivity index (χ1v) is 6.21. The van der Waals surface area contributed by atoms with Crippen LogP contribution >= 0.6 is 22.6 Å². The van der Waals surface area contributed by atoms with E-state index in [0.29, 0.717) is 9.13 Å². The van der Waals surface area contributed by atoms with Crippen LogP contribution in [0, 0.1) is 3.57 Å². The first kappa shape index (κ1) is 12.6. The summed E-state index contributed by atoms with van der Waals surface area (Å²) >= 11 is 1.96. The predicted molar refractivity (Wildman–Crippen MR) is 68.7 cm³/mol. The van der Waals surface area contributed by atoms with Gasteiger partial charge >= 0.3 is 0 Å². The molecule has 0 aliphatic carbocycles. The third kappa shape index (κ3) is 2.53. The van der Waals surface area contributed by atoms with Crippen molar-refractivity contribution < 1.29 is 20.1 Å². The maximum atomic E-state index is 12.0. The smallest absolute Gasteiger partial charge is 0.254 e. The van der Waals surface area contributed by atoms with Crippen LogP contribution in [0.15, 0.2) is 18.2 Å². The zero-order valence-electron chi connectivity index (χ0n) is 8.88. The fourth-order valence-electron chi connectivity index (χ4n) is 1.76. The van der Waals surface area contributed by atoms with E-state index >= 15 is 0 Å². The summed E-state index contributed by atoms with van der Waals surface area (Å²) in [7, 11) is 0. The lowest BCUT2D eigenvalue weighted by atomic mass is 10.2. The number of rotatable bonds is 1. The largest absolute Gasteiger partial charge is 0.507 e. The van der Waals surface area contributed by atoms with Crippen molar-refractivity contribution in [1.29, 1.82) is 0 Å². The number of β-amino-alcohol motifs (C(OH)–C–C–N with tert-alkyl or cyclic N) is 2. The van der Waals surface area contributed by atoms with Crippen LogP contribution in [0.1, 0.15) is 10.4 Å². The molecule has 0 unspecified atom stereocenters. The van der Waals surface area contributed by atoms with Crippen LogP contribution in [0.3, 0.4) is 0 Å². The van der Waals surface area contributed by atoms with Gasteiger partial charge < -0.3 is 20.2 Å². The number of halogens is 1. The third-order valence-electron chi connectivity index (χ3n) is 2.74. The highest BCUT2D eigenvalue weighted by Crippen LogP contribution is 2.22. The van der Waals surface area contributed by atoms with E-state index in [-0.39, 0.29) is 24.7 Å². The molecule has 1 saturated heterocycles. The number of likely N-dealkylation sites (tertiary alicyclic amines) is 1. The van der Waals surface area contributed by atoms with Gasteiger partial charge in [-0.25, -0.2) is 0 Å². The number of aliphatic hydroxyl groups excluding tert-OH is 2. The van der Waals surface area contributed by atoms with E-state index in [4.69, 9.17) is 0 Å². The molecule has 1 aromatic rings. The SMILES string of the molecule is O=C(c1ccc(I)c(O)c1)N1C[C@@H](O)[C@@H](O)C1. The molecular formula is C11H12INO4. The number of phenols is 1. The van der Waals surface area contributed by atoms with Crippen molar-refractivity contribution in [2.24, 2.45) is 0 Å². The summed E-state index contributed by atoms with van der Waals surface area (Å²) in [6, 6.07) is 4.65. The van der Waals surface area contributed by atoms with Crippen LogP contribution in [0.25, 0.3) is 0 Å². The van der Waals surface area contributed by atoms with Crippen molar-refractivity contribution in [2.45, 2.75) is 12.2 Å². The van der Waals surface area contributed by atoms with Gasteiger partial charge in [-0.05, 0) is 40.8 Å². The predicted octanol–water partition coefficient (Wildman–Crippen LogP) is 0.174. The minimum absolute atomic E-state index is 0.0525. The van der Waals surface area contributed by atoms with E-state index in [1.165, 1.54) is 11.0 Å². The Bertz CT molecular complexity index is 441. The average Bonchev–Trinajstić information content (AvgIpc) is 2.62. The quantitative estimate of drug-likeness (QED) is 0.632. The summed E-state index contributed by atoms with van der Waals surface area (Å²) in [6.07, 6.45) is -1.78. The lowest BCUT2D eigenvalue weighted by molar-refractivity contribution is 0.0572. The summed E-state index contributed by atoms with van der Waals surface area (Å²) < 4.78 is 0.667. The molecule has 1 heterocycles. The van der Waals surface area contributed by atoms with E-state index in [1.807, 2.05) is 22.6 Å². The Morgan fingerprint density at radius 3 is 2.41 bits per heavy atom. The minimum atomic E-state index is -0.892. The first-order valence-electron chi connectivity index (χ1n) is 5.13. The highest BCUT2D eigenvalue weighted by molar-refractivity contribution is 14.1. The van der Waals surface area contributed by atoms with Gasteiger partial charge in [0.2, 0.25) is 0 Å². The van der Waals surface area contributed by atoms with Crippen LogP contribution in [0.5, 0.6) is 5.75 Å². The second-order valence-corrected chi connectivity index (χ2v) is 5.17. The maximum absolute atomic E-state index is 12.0. The molecule has 0 aromatic heterocycles. The number of aromatic hydroxyl groups is 1. The topological polar surface area (TPSA) is 81.0 Å². The molecule has 1 aliphatic rings. The van der Waals surface area contributed by atoms with Crippen LogP contribution in [0.4, 0.5) is 0 Å². The number of benzene rings is 1. The third-order valence-corrected chi connectivity index (χ3v) is 3.65. The second-order valence-electron chi connectivity index (χ2n) is 4.01. The molecule has 6 heteroatoms. The number of phenolic OH excluding ortho intramolecular Hbond substituents is 1. The Labute approximate surface area is 112 Å². The molecule has 1 aliphatic heterocycles. The highest BCUT2D eigenvalue weighted by atomic mass is 127. The lowest BCUT2D eigenvalue weighted by Crippen LogP contribution is -2.29. The van der Waals surface area contributed by atoms with Gasteiger partial charge in [0.15, 0.2) is 0 Å². The van der Waals surface area contributed by atoms with E-state index in [9.17, 15) is 20.1 Å². The molecule has 5 nitrogen and oxygen atoms in total. The monoisotopic (exact) mass is 349 g/mol. The van der Waals surface area contributed by atoms with Crippen molar-refractivity contribution in [3.05, 3.63) is 27.3 Å². The standard InChI is InChI=1S/C11H12INO4/c12-7-2-1-6(3-8(7)14)11(17)13-4-9(15)10(16)5-13/h1-3,9-10,14-16H,4-5H2/t9-,10+. The Balaban J connectivity index is 2.17. The van der Waals surface area contributed by atoms with Crippen LogP contribution in [-0.4, -0.2) is 51.4 Å². The van der Waals surface area contributed by atoms with Gasteiger partial charge in [0.25, 0.3) is 5.91 Å². The molecule has 2 rings (SSSR count). The van der Waals surface area contributed by atoms with Crippen LogP contribution in [0.2, 0.25) is 0 Å². The van der Waals surface area contributed by atoms with Crippen LogP contribution < -0.4 is 0 Å². The normalized spacial score (nSPS) is 24.1. The van der Waals surface area contributed by atoms with Gasteiger partial charge in [-0.1, -0.05) is 0 Å². The van der Waals surface area contributed by atoms with E-state index in [1.54, 1.807) is 12.1 Å². The second kappa shape index (κ2) is 4.79. The van der Waals surface area contributed by atoms with Gasteiger partial charge in [0.1, 0.15) is 5.75 Å². The number of hydrogen-bond acceptors (Lipinski definition) is 4. The number of amides is 1. The zero-order chi connectivity index (χ0) is 12.6. The number of carbonyl (C=O) groups excluding carboxylic acids is 1. The van der Waals surface area contributed by atoms with Gasteiger partial charge in [-0.3, -0.25) is 4.79 Å². The van der Waals surface area contributed by atoms with Crippen molar-refractivity contribution >= 4 is 28.5 Å². The summed E-state index contributed by atoms with van der Waals surface area (Å²) in [5, 5.41) is 28.3. The molecule has 0 radical (unpaired) electrons. The number of nitrogens with zero attached hydrogens (tertiary/aromatic N) is 1. The van der Waals surface area contributed by atoms with Gasteiger partial charge in [-0.2, -0.15) is 0 Å². The first-order chi connectivity index (χ1) is 7.99. The maximum Gasteiger partial charge on any atom is 0.254 e. The molecule has 0 bridgehead atoms. The fourth-order valence-corrected chi connectivity index (χ4v) is 2.10. The molecule has 0 saturated carbocycles. The number of carbonyl (C=O) groups is 1. The number of aliphatic hydroxyl groups is 2. The summed E-state index contributed by atoms with van der Waals surface area (Å²) in [6.45, 7) is 0.236. The molecule has 1 aromatic carbocycles. The van der Waals surface area contributed by atoms with E-state index in [2.05, 4.69) is 0 Å². The molecular weight excluding hydrogens is 337 g/mol. The van der Waals surface area contributed by atoms with Gasteiger partial charge in [0.05, 0.1) is 15.8 Å². The molecule has 92 valence electrons. The summed E-state index contributed by atoms with van der Waals surface area (Å²) in [5.41, 5.74) is 0.351. The minimum Gasteiger partial charge on any atom is -0.507 e. The molecule has 3 N–H and O–H groups in total. The van der Waals surface area contributed by atoms with Crippen molar-refractivity contribution in [2.75, 3.05) is 13.1 Å². The van der Waals surface area contributed by atoms with E-state index in [0.717, 1.165) is 0 Å². The highest BCUT2D eigenvalue weighted by Gasteiger charge is 2.33. The Kier molecular flexibility index (Phi) is 3.55. The van der Waals surface area contributed by atoms with Crippen molar-refractivity contribution in [1.82, 2.24) is 4.90 Å². The summed E-state index contributed by atoms with van der Waals surface area (Å²) in [4.78, 5) is 13.4. The molecule has 0 spiro atoms. The molecule has 17 heavy (non-hydrogen) atoms. The van der Waals surface area contributed by atoms with Crippen LogP contribution in [-0.2, 0) is 0 Å². The molecule has 1 amide bonds. The Morgan fingerprint density at radius 1 is 1.29 bits per heavy atom. The fraction of sp³-hybridized carbons (Fsp3) is 0.364. The lowest BCUT2D eigenvalue weighted by Gasteiger charge is -2.15. The molecule has 2 atom stereocenters. The summed E-state index contributed by atoms with van der Waals surface area (Å²) in [5.74, 6) is -0.246. The average molecular weight is 349 g/mol. The van der Waals surface area contributed by atoms with Gasteiger partial charge in [-0.15, -0.1) is 0 Å². The zero-order valence-corrected chi connectivity index (χ0v) is 11.0. The Morgan fingerprint density at radius 2 is 1.88 bits per heavy atom. The number of hydrogen-bond donors (Lipinski definition) is 3. The van der Waals surface area contributed by atoms with E-state index < -0.39 is 12.2 Å². The van der Waals surface area contributed by atoms with Crippen molar-refractivity contribution in [3.8, 4) is 5.75 Å². The van der Waals surface area contributed by atoms with Gasteiger partial charge in [0, 0.05) is 18.7 Å². The molecule has 1 fully saturated rings.